The van der Waals surface area contributed by atoms with Crippen molar-refractivity contribution in [2.45, 2.75) is 52.1 Å². The molecule has 5 nitrogen and oxygen atoms in total. The molecular weight excluding hydrogens is 300 g/mol. The van der Waals surface area contributed by atoms with Crippen molar-refractivity contribution in [3.05, 3.63) is 41.5 Å². The van der Waals surface area contributed by atoms with E-state index in [1.165, 1.54) is 43.6 Å². The van der Waals surface area contributed by atoms with Crippen molar-refractivity contribution in [2.75, 3.05) is 25.0 Å². The van der Waals surface area contributed by atoms with Crippen LogP contribution >= 0.6 is 0 Å². The molecule has 3 rings (SSSR count). The smallest absolute Gasteiger partial charge is 0.240 e. The second kappa shape index (κ2) is 8.29. The lowest BCUT2D eigenvalue weighted by Crippen LogP contribution is -2.29. The molecule has 0 radical (unpaired) electrons. The molecule has 0 spiro atoms. The van der Waals surface area contributed by atoms with Crippen LogP contribution in [0.3, 0.4) is 0 Å². The Morgan fingerprint density at radius 1 is 1.08 bits per heavy atom. The monoisotopic (exact) mass is 328 g/mol. The first-order valence-corrected chi connectivity index (χ1v) is 9.08. The Labute approximate surface area is 144 Å². The van der Waals surface area contributed by atoms with Gasteiger partial charge in [0.05, 0.1) is 6.54 Å². The molecule has 1 aliphatic rings. The fourth-order valence-corrected chi connectivity index (χ4v) is 3.24. The van der Waals surface area contributed by atoms with Gasteiger partial charge in [-0.1, -0.05) is 24.2 Å². The van der Waals surface area contributed by atoms with Gasteiger partial charge in [0, 0.05) is 31.7 Å². The van der Waals surface area contributed by atoms with Crippen molar-refractivity contribution in [1.82, 2.24) is 15.0 Å². The molecule has 5 heteroatoms. The summed E-state index contributed by atoms with van der Waals surface area (Å²) in [5, 5.41) is 4.01. The van der Waals surface area contributed by atoms with Gasteiger partial charge in [-0.2, -0.15) is 4.98 Å². The minimum atomic E-state index is 0.685. The van der Waals surface area contributed by atoms with E-state index in [-0.39, 0.29) is 0 Å². The lowest BCUT2D eigenvalue weighted by Gasteiger charge is -2.29. The van der Waals surface area contributed by atoms with Crippen LogP contribution in [0.15, 0.2) is 28.8 Å². The minimum absolute atomic E-state index is 0.685. The number of aromatic nitrogens is 2. The maximum atomic E-state index is 5.31. The summed E-state index contributed by atoms with van der Waals surface area (Å²) >= 11 is 0. The van der Waals surface area contributed by atoms with Gasteiger partial charge in [-0.3, -0.25) is 4.90 Å². The predicted molar refractivity (Wildman–Crippen MR) is 96.0 cm³/mol. The van der Waals surface area contributed by atoms with E-state index in [0.717, 1.165) is 25.2 Å². The van der Waals surface area contributed by atoms with Gasteiger partial charge in [-0.15, -0.1) is 0 Å². The molecule has 1 aliphatic heterocycles. The van der Waals surface area contributed by atoms with Crippen LogP contribution in [0.4, 0.5) is 5.69 Å². The zero-order chi connectivity index (χ0) is 16.8. The number of rotatable bonds is 7. The van der Waals surface area contributed by atoms with E-state index in [0.29, 0.717) is 12.4 Å². The summed E-state index contributed by atoms with van der Waals surface area (Å²) in [5.41, 5.74) is 2.66. The molecular formula is C19H28N4O. The molecule has 24 heavy (non-hydrogen) atoms. The largest absolute Gasteiger partial charge is 0.372 e. The number of benzene rings is 1. The summed E-state index contributed by atoms with van der Waals surface area (Å²) in [6.45, 7) is 6.07. The van der Waals surface area contributed by atoms with Crippen molar-refractivity contribution in [3.63, 3.8) is 0 Å². The Hall–Kier alpha value is -1.88. The molecule has 0 unspecified atom stereocenters. The van der Waals surface area contributed by atoms with Gasteiger partial charge in [0.25, 0.3) is 0 Å². The normalized spacial score (nSPS) is 15.2. The van der Waals surface area contributed by atoms with Gasteiger partial charge >= 0.3 is 0 Å². The van der Waals surface area contributed by atoms with E-state index in [4.69, 9.17) is 4.52 Å². The third-order valence-corrected chi connectivity index (χ3v) is 4.50. The predicted octanol–water partition coefficient (Wildman–Crippen LogP) is 3.64. The molecule has 1 saturated heterocycles. The van der Waals surface area contributed by atoms with E-state index in [1.807, 2.05) is 0 Å². The highest BCUT2D eigenvalue weighted by atomic mass is 16.5. The Bertz CT molecular complexity index is 617. The van der Waals surface area contributed by atoms with Gasteiger partial charge in [-0.05, 0) is 50.4 Å². The first-order chi connectivity index (χ1) is 11.7. The summed E-state index contributed by atoms with van der Waals surface area (Å²) in [5.74, 6) is 1.51. The summed E-state index contributed by atoms with van der Waals surface area (Å²) in [6.07, 6.45) is 5.92. The summed E-state index contributed by atoms with van der Waals surface area (Å²) in [6, 6.07) is 8.97. The van der Waals surface area contributed by atoms with Gasteiger partial charge < -0.3 is 9.42 Å². The quantitative estimate of drug-likeness (QED) is 0.776. The Kier molecular flexibility index (Phi) is 5.86. The molecule has 0 bridgehead atoms. The van der Waals surface area contributed by atoms with Crippen LogP contribution in [0.5, 0.6) is 0 Å². The number of anilines is 1. The maximum absolute atomic E-state index is 5.31. The molecule has 1 fully saturated rings. The number of hydrogen-bond acceptors (Lipinski definition) is 5. The molecule has 2 heterocycles. The first-order valence-electron chi connectivity index (χ1n) is 9.08. The molecule has 0 atom stereocenters. The van der Waals surface area contributed by atoms with E-state index in [9.17, 15) is 0 Å². The van der Waals surface area contributed by atoms with E-state index in [2.05, 4.69) is 58.2 Å². The average molecular weight is 328 g/mol. The fourth-order valence-electron chi connectivity index (χ4n) is 3.24. The number of aryl methyl sites for hydroxylation is 1. The lowest BCUT2D eigenvalue weighted by molar-refractivity contribution is 0.260. The molecule has 1 aromatic carbocycles. The standard InChI is InChI=1S/C19H28N4O/c1-3-7-18-20-19(24-21-18)15-22(2)14-16-8-10-17(11-9-16)23-12-5-4-6-13-23/h8-11H,3-7,12-15H2,1-2H3. The van der Waals surface area contributed by atoms with Crippen LogP contribution in [0.25, 0.3) is 0 Å². The summed E-state index contributed by atoms with van der Waals surface area (Å²) < 4.78 is 5.31. The van der Waals surface area contributed by atoms with Crippen molar-refractivity contribution in [1.29, 1.82) is 0 Å². The zero-order valence-electron chi connectivity index (χ0n) is 14.9. The van der Waals surface area contributed by atoms with E-state index >= 15 is 0 Å². The van der Waals surface area contributed by atoms with Crippen molar-refractivity contribution in [3.8, 4) is 0 Å². The van der Waals surface area contributed by atoms with Gasteiger partial charge in [-0.25, -0.2) is 0 Å². The summed E-state index contributed by atoms with van der Waals surface area (Å²) in [4.78, 5) is 9.13. The zero-order valence-corrected chi connectivity index (χ0v) is 14.9. The third-order valence-electron chi connectivity index (χ3n) is 4.50. The SMILES string of the molecule is CCCc1noc(CN(C)Cc2ccc(N3CCCCC3)cc2)n1. The molecule has 130 valence electrons. The Balaban J connectivity index is 1.52. The van der Waals surface area contributed by atoms with Crippen LogP contribution in [0.1, 0.15) is 49.9 Å². The topological polar surface area (TPSA) is 45.4 Å². The third kappa shape index (κ3) is 4.57. The molecule has 0 amide bonds. The second-order valence-electron chi connectivity index (χ2n) is 6.74. The van der Waals surface area contributed by atoms with Gasteiger partial charge in [0.2, 0.25) is 5.89 Å². The highest BCUT2D eigenvalue weighted by Gasteiger charge is 2.12. The molecule has 1 aromatic heterocycles. The first kappa shape index (κ1) is 17.0. The molecule has 0 aliphatic carbocycles. The lowest BCUT2D eigenvalue weighted by atomic mass is 10.1. The number of nitrogens with zero attached hydrogens (tertiary/aromatic N) is 4. The van der Waals surface area contributed by atoms with Crippen LogP contribution in [-0.2, 0) is 19.5 Å². The number of piperidine rings is 1. The van der Waals surface area contributed by atoms with E-state index in [1.54, 1.807) is 0 Å². The summed E-state index contributed by atoms with van der Waals surface area (Å²) in [7, 11) is 2.09. The second-order valence-corrected chi connectivity index (χ2v) is 6.74. The van der Waals surface area contributed by atoms with Crippen molar-refractivity contribution < 1.29 is 4.52 Å². The van der Waals surface area contributed by atoms with Gasteiger partial charge in [0.1, 0.15) is 0 Å². The van der Waals surface area contributed by atoms with E-state index < -0.39 is 0 Å². The highest BCUT2D eigenvalue weighted by molar-refractivity contribution is 5.47. The molecule has 0 saturated carbocycles. The Morgan fingerprint density at radius 3 is 2.54 bits per heavy atom. The van der Waals surface area contributed by atoms with Crippen LogP contribution in [-0.4, -0.2) is 35.2 Å². The maximum Gasteiger partial charge on any atom is 0.240 e. The molecule has 2 aromatic rings. The fraction of sp³-hybridized carbons (Fsp3) is 0.579. The number of hydrogen-bond donors (Lipinski definition) is 0. The minimum Gasteiger partial charge on any atom is -0.372 e. The molecule has 0 N–H and O–H groups in total. The highest BCUT2D eigenvalue weighted by Crippen LogP contribution is 2.20. The van der Waals surface area contributed by atoms with Crippen molar-refractivity contribution >= 4 is 5.69 Å². The van der Waals surface area contributed by atoms with Crippen molar-refractivity contribution in [2.24, 2.45) is 0 Å². The van der Waals surface area contributed by atoms with Gasteiger partial charge in [0.15, 0.2) is 5.82 Å². The van der Waals surface area contributed by atoms with Crippen LogP contribution in [0.2, 0.25) is 0 Å². The van der Waals surface area contributed by atoms with Crippen LogP contribution in [0, 0.1) is 0 Å². The van der Waals surface area contributed by atoms with Crippen LogP contribution < -0.4 is 4.90 Å². The average Bonchev–Trinajstić information content (AvgIpc) is 3.03. The Morgan fingerprint density at radius 2 is 1.83 bits per heavy atom.